The Morgan fingerprint density at radius 2 is 1.70 bits per heavy atom. The SMILES string of the molecule is COC(=O)CC/C(C(=O)OC)=[N+](\[O-])C(c1ccccc1)C(C)C. The second-order valence-electron chi connectivity index (χ2n) is 5.44. The van der Waals surface area contributed by atoms with E-state index in [0.717, 1.165) is 5.56 Å². The molecule has 1 atom stereocenters. The van der Waals surface area contributed by atoms with Crippen molar-refractivity contribution in [2.45, 2.75) is 32.7 Å². The van der Waals surface area contributed by atoms with Gasteiger partial charge in [-0.1, -0.05) is 44.2 Å². The molecule has 0 aliphatic carbocycles. The minimum Gasteiger partial charge on any atom is -0.623 e. The van der Waals surface area contributed by atoms with E-state index < -0.39 is 18.0 Å². The average Bonchev–Trinajstić information content (AvgIpc) is 2.55. The van der Waals surface area contributed by atoms with Crippen LogP contribution in [-0.4, -0.2) is 36.6 Å². The Bertz CT molecular complexity index is 566. The first kappa shape index (κ1) is 18.7. The minimum atomic E-state index is -0.731. The fraction of sp³-hybridized carbons (Fsp3) is 0.471. The quantitative estimate of drug-likeness (QED) is 0.253. The Morgan fingerprint density at radius 3 is 2.17 bits per heavy atom. The molecule has 0 spiro atoms. The summed E-state index contributed by atoms with van der Waals surface area (Å²) in [6.45, 7) is 3.80. The van der Waals surface area contributed by atoms with E-state index >= 15 is 0 Å². The van der Waals surface area contributed by atoms with Crippen LogP contribution in [-0.2, 0) is 19.1 Å². The number of hydrogen-bond acceptors (Lipinski definition) is 5. The van der Waals surface area contributed by atoms with Gasteiger partial charge in [-0.2, -0.15) is 4.74 Å². The maximum atomic E-state index is 12.8. The molecule has 0 aromatic heterocycles. The number of carbonyl (C=O) groups is 2. The largest absolute Gasteiger partial charge is 0.623 e. The summed E-state index contributed by atoms with van der Waals surface area (Å²) in [6, 6.07) is 8.67. The molecule has 0 saturated heterocycles. The van der Waals surface area contributed by atoms with Gasteiger partial charge in [0.2, 0.25) is 0 Å². The maximum Gasteiger partial charge on any atom is 0.399 e. The van der Waals surface area contributed by atoms with Crippen LogP contribution in [0.3, 0.4) is 0 Å². The normalized spacial score (nSPS) is 13.3. The molecule has 0 bridgehead atoms. The highest BCUT2D eigenvalue weighted by Gasteiger charge is 2.30. The van der Waals surface area contributed by atoms with Gasteiger partial charge in [0.15, 0.2) is 6.04 Å². The number of nitrogens with zero attached hydrogens (tertiary/aromatic N) is 1. The van der Waals surface area contributed by atoms with Crippen molar-refractivity contribution in [2.75, 3.05) is 14.2 Å². The third-order valence-electron chi connectivity index (χ3n) is 3.51. The second kappa shape index (κ2) is 8.92. The van der Waals surface area contributed by atoms with E-state index in [1.54, 1.807) is 0 Å². The molecule has 23 heavy (non-hydrogen) atoms. The molecule has 0 saturated carbocycles. The van der Waals surface area contributed by atoms with Gasteiger partial charge in [-0.3, -0.25) is 4.79 Å². The molecule has 126 valence electrons. The Hall–Kier alpha value is -2.37. The predicted octanol–water partition coefficient (Wildman–Crippen LogP) is 2.46. The molecule has 0 fully saturated rings. The van der Waals surface area contributed by atoms with Gasteiger partial charge < -0.3 is 14.7 Å². The summed E-state index contributed by atoms with van der Waals surface area (Å²) >= 11 is 0. The predicted molar refractivity (Wildman–Crippen MR) is 85.9 cm³/mol. The maximum absolute atomic E-state index is 12.8. The summed E-state index contributed by atoms with van der Waals surface area (Å²) in [5.74, 6) is -1.25. The summed E-state index contributed by atoms with van der Waals surface area (Å²) in [4.78, 5) is 23.3. The van der Waals surface area contributed by atoms with Crippen LogP contribution in [0.2, 0.25) is 0 Å². The molecule has 6 nitrogen and oxygen atoms in total. The second-order valence-corrected chi connectivity index (χ2v) is 5.44. The van der Waals surface area contributed by atoms with Gasteiger partial charge >= 0.3 is 11.9 Å². The molecule has 1 unspecified atom stereocenters. The van der Waals surface area contributed by atoms with E-state index in [2.05, 4.69) is 4.74 Å². The lowest BCUT2D eigenvalue weighted by Crippen LogP contribution is -2.31. The van der Waals surface area contributed by atoms with E-state index in [0.29, 0.717) is 4.74 Å². The van der Waals surface area contributed by atoms with Crippen molar-refractivity contribution in [2.24, 2.45) is 5.92 Å². The topological polar surface area (TPSA) is 78.7 Å². The van der Waals surface area contributed by atoms with Gasteiger partial charge in [-0.25, -0.2) is 4.79 Å². The summed E-state index contributed by atoms with van der Waals surface area (Å²) in [6.07, 6.45) is -0.0851. The number of rotatable bonds is 7. The summed E-state index contributed by atoms with van der Waals surface area (Å²) in [7, 11) is 2.47. The number of ether oxygens (including phenoxy) is 2. The van der Waals surface area contributed by atoms with Gasteiger partial charge in [0.25, 0.3) is 5.71 Å². The van der Waals surface area contributed by atoms with Crippen LogP contribution in [0, 0.1) is 11.1 Å². The van der Waals surface area contributed by atoms with Crippen molar-refractivity contribution in [3.05, 3.63) is 41.1 Å². The molecular weight excluding hydrogens is 298 g/mol. The summed E-state index contributed by atoms with van der Waals surface area (Å²) < 4.78 is 9.92. The highest BCUT2D eigenvalue weighted by atomic mass is 16.5. The van der Waals surface area contributed by atoms with Gasteiger partial charge in [0.1, 0.15) is 0 Å². The highest BCUT2D eigenvalue weighted by Crippen LogP contribution is 2.25. The third-order valence-corrected chi connectivity index (χ3v) is 3.51. The van der Waals surface area contributed by atoms with Crippen LogP contribution in [0.5, 0.6) is 0 Å². The van der Waals surface area contributed by atoms with E-state index in [9.17, 15) is 14.8 Å². The smallest absolute Gasteiger partial charge is 0.399 e. The van der Waals surface area contributed by atoms with Crippen LogP contribution in [0.15, 0.2) is 30.3 Å². The van der Waals surface area contributed by atoms with Crippen molar-refractivity contribution in [1.82, 2.24) is 0 Å². The first-order valence-electron chi connectivity index (χ1n) is 7.44. The first-order valence-corrected chi connectivity index (χ1v) is 7.44. The van der Waals surface area contributed by atoms with Crippen LogP contribution in [0.1, 0.15) is 38.3 Å². The Morgan fingerprint density at radius 1 is 1.09 bits per heavy atom. The molecule has 0 amide bonds. The molecule has 1 rings (SSSR count). The van der Waals surface area contributed by atoms with Crippen LogP contribution in [0.4, 0.5) is 0 Å². The summed E-state index contributed by atoms with van der Waals surface area (Å²) in [5, 5.41) is 12.8. The number of methoxy groups -OCH3 is 2. The van der Waals surface area contributed by atoms with E-state index in [1.807, 2.05) is 44.2 Å². The zero-order valence-electron chi connectivity index (χ0n) is 13.9. The van der Waals surface area contributed by atoms with Crippen LogP contribution < -0.4 is 0 Å². The Labute approximate surface area is 136 Å². The zero-order chi connectivity index (χ0) is 17.4. The van der Waals surface area contributed by atoms with Gasteiger partial charge in [0.05, 0.1) is 27.1 Å². The van der Waals surface area contributed by atoms with Crippen molar-refractivity contribution >= 4 is 17.7 Å². The molecule has 6 heteroatoms. The number of carbonyl (C=O) groups excluding carboxylic acids is 2. The van der Waals surface area contributed by atoms with Gasteiger partial charge in [0, 0.05) is 11.5 Å². The number of benzene rings is 1. The highest BCUT2D eigenvalue weighted by molar-refractivity contribution is 6.34. The minimum absolute atomic E-state index is 0.0289. The molecule has 0 aliphatic rings. The Kier molecular flexibility index (Phi) is 7.25. The molecule has 1 aromatic rings. The number of esters is 2. The zero-order valence-corrected chi connectivity index (χ0v) is 13.9. The molecule has 0 heterocycles. The van der Waals surface area contributed by atoms with E-state index in [-0.39, 0.29) is 24.5 Å². The van der Waals surface area contributed by atoms with Crippen LogP contribution >= 0.6 is 0 Å². The average molecular weight is 321 g/mol. The molecule has 0 radical (unpaired) electrons. The molecule has 0 aliphatic heterocycles. The van der Waals surface area contributed by atoms with Crippen molar-refractivity contribution in [3.8, 4) is 0 Å². The number of hydroxylamine groups is 1. The van der Waals surface area contributed by atoms with Gasteiger partial charge in [-0.05, 0) is 0 Å². The standard InChI is InChI=1S/C17H23NO5/c1-12(2)16(13-8-6-5-7-9-13)18(21)14(17(20)23-4)10-11-15(19)22-3/h5-9,12,16H,10-11H2,1-4H3/b18-14+. The van der Waals surface area contributed by atoms with Crippen molar-refractivity contribution in [1.29, 1.82) is 0 Å². The fourth-order valence-corrected chi connectivity index (χ4v) is 2.35. The lowest BCUT2D eigenvalue weighted by atomic mass is 9.96. The monoisotopic (exact) mass is 321 g/mol. The fourth-order valence-electron chi connectivity index (χ4n) is 2.35. The van der Waals surface area contributed by atoms with Crippen molar-refractivity contribution < 1.29 is 23.8 Å². The Balaban J connectivity index is 3.23. The first-order chi connectivity index (χ1) is 10.9. The van der Waals surface area contributed by atoms with Crippen molar-refractivity contribution in [3.63, 3.8) is 0 Å². The summed E-state index contributed by atoms with van der Waals surface area (Å²) in [5.41, 5.74) is 0.720. The van der Waals surface area contributed by atoms with E-state index in [1.165, 1.54) is 14.2 Å². The number of hydrogen-bond donors (Lipinski definition) is 0. The van der Waals surface area contributed by atoms with E-state index in [4.69, 9.17) is 4.74 Å². The van der Waals surface area contributed by atoms with Crippen LogP contribution in [0.25, 0.3) is 0 Å². The molecule has 0 N–H and O–H groups in total. The lowest BCUT2D eigenvalue weighted by molar-refractivity contribution is -0.517. The lowest BCUT2D eigenvalue weighted by Gasteiger charge is -2.22. The van der Waals surface area contributed by atoms with Gasteiger partial charge in [-0.15, -0.1) is 0 Å². The molecular formula is C17H23NO5. The third kappa shape index (κ3) is 5.09. The molecule has 1 aromatic carbocycles.